The Labute approximate surface area is 156 Å². The summed E-state index contributed by atoms with van der Waals surface area (Å²) in [6, 6.07) is 3.98. The topological polar surface area (TPSA) is 45.7 Å². The largest absolute Gasteiger partial charge is 0.372 e. The van der Waals surface area contributed by atoms with Crippen molar-refractivity contribution in [3.8, 4) is 0 Å². The minimum Gasteiger partial charge on any atom is -0.372 e. The summed E-state index contributed by atoms with van der Waals surface area (Å²) >= 11 is 0. The maximum Gasteiger partial charge on any atom is 0.243 e. The third-order valence-corrected chi connectivity index (χ3v) is 6.41. The molecule has 0 radical (unpaired) electrons. The standard InChI is InChI=1S/C21H31N3O2/c25-20(21(9-1-2-10-21)24-13-3-4-14-24)23-12-6-8-19(16-23)26-17-18-7-5-11-22-15-18/h5,7,11,15,19H,1-4,6,8-10,12-14,16-17H2/t19-/m1/s1. The Hall–Kier alpha value is -1.46. The molecule has 26 heavy (non-hydrogen) atoms. The number of pyridine rings is 1. The van der Waals surface area contributed by atoms with Gasteiger partial charge in [0, 0.05) is 25.5 Å². The Bertz CT molecular complexity index is 595. The number of hydrogen-bond donors (Lipinski definition) is 0. The number of hydrogen-bond acceptors (Lipinski definition) is 4. The predicted octanol–water partition coefficient (Wildman–Crippen LogP) is 3.00. The van der Waals surface area contributed by atoms with Crippen molar-refractivity contribution in [2.45, 2.75) is 69.6 Å². The zero-order chi connectivity index (χ0) is 17.8. The van der Waals surface area contributed by atoms with E-state index in [0.29, 0.717) is 12.5 Å². The monoisotopic (exact) mass is 357 g/mol. The molecule has 2 aliphatic heterocycles. The van der Waals surface area contributed by atoms with E-state index >= 15 is 0 Å². The zero-order valence-corrected chi connectivity index (χ0v) is 15.7. The fourth-order valence-corrected chi connectivity index (χ4v) is 5.02. The molecule has 0 bridgehead atoms. The predicted molar refractivity (Wildman–Crippen MR) is 101 cm³/mol. The third-order valence-electron chi connectivity index (χ3n) is 6.41. The summed E-state index contributed by atoms with van der Waals surface area (Å²) in [6.45, 7) is 4.41. The molecule has 0 unspecified atom stereocenters. The second-order valence-corrected chi connectivity index (χ2v) is 8.12. The van der Waals surface area contributed by atoms with Gasteiger partial charge in [0.25, 0.3) is 0 Å². The van der Waals surface area contributed by atoms with Crippen molar-refractivity contribution >= 4 is 5.91 Å². The van der Waals surface area contributed by atoms with Crippen molar-refractivity contribution in [1.82, 2.24) is 14.8 Å². The minimum absolute atomic E-state index is 0.143. The summed E-state index contributed by atoms with van der Waals surface area (Å²) in [5.74, 6) is 0.381. The van der Waals surface area contributed by atoms with Gasteiger partial charge in [0.15, 0.2) is 0 Å². The molecule has 3 aliphatic rings. The van der Waals surface area contributed by atoms with Crippen LogP contribution in [-0.4, -0.2) is 58.5 Å². The molecule has 1 atom stereocenters. The highest BCUT2D eigenvalue weighted by atomic mass is 16.5. The number of likely N-dealkylation sites (tertiary alicyclic amines) is 2. The summed E-state index contributed by atoms with van der Waals surface area (Å²) in [4.78, 5) is 22.3. The van der Waals surface area contributed by atoms with Crippen LogP contribution in [-0.2, 0) is 16.1 Å². The van der Waals surface area contributed by atoms with E-state index in [9.17, 15) is 4.79 Å². The molecule has 3 fully saturated rings. The Kier molecular flexibility index (Phi) is 5.55. The molecule has 1 aromatic heterocycles. The van der Waals surface area contributed by atoms with Crippen molar-refractivity contribution in [2.24, 2.45) is 0 Å². The Morgan fingerprint density at radius 3 is 2.69 bits per heavy atom. The van der Waals surface area contributed by atoms with Gasteiger partial charge < -0.3 is 9.64 Å². The molecule has 1 aromatic rings. The van der Waals surface area contributed by atoms with Crippen LogP contribution in [0.1, 0.15) is 56.9 Å². The molecule has 1 saturated carbocycles. The van der Waals surface area contributed by atoms with Gasteiger partial charge in [0.1, 0.15) is 5.54 Å². The number of carbonyl (C=O) groups is 1. The number of ether oxygens (including phenoxy) is 1. The Morgan fingerprint density at radius 2 is 1.96 bits per heavy atom. The molecule has 1 aliphatic carbocycles. The molecule has 0 aromatic carbocycles. The van der Waals surface area contributed by atoms with Gasteiger partial charge in [-0.3, -0.25) is 14.7 Å². The average molecular weight is 357 g/mol. The first kappa shape index (κ1) is 17.9. The summed E-state index contributed by atoms with van der Waals surface area (Å²) in [7, 11) is 0. The molecule has 5 heteroatoms. The van der Waals surface area contributed by atoms with Crippen LogP contribution in [0.15, 0.2) is 24.5 Å². The van der Waals surface area contributed by atoms with Crippen LogP contribution in [0.5, 0.6) is 0 Å². The molecule has 0 spiro atoms. The van der Waals surface area contributed by atoms with Gasteiger partial charge >= 0.3 is 0 Å². The van der Waals surface area contributed by atoms with Crippen molar-refractivity contribution in [2.75, 3.05) is 26.2 Å². The van der Waals surface area contributed by atoms with Gasteiger partial charge in [-0.05, 0) is 63.2 Å². The van der Waals surface area contributed by atoms with Gasteiger partial charge in [-0.1, -0.05) is 18.9 Å². The van der Waals surface area contributed by atoms with Crippen molar-refractivity contribution in [3.63, 3.8) is 0 Å². The van der Waals surface area contributed by atoms with E-state index in [2.05, 4.69) is 14.8 Å². The molecule has 142 valence electrons. The van der Waals surface area contributed by atoms with Gasteiger partial charge in [-0.15, -0.1) is 0 Å². The van der Waals surface area contributed by atoms with Gasteiger partial charge in [0.05, 0.1) is 12.7 Å². The third kappa shape index (κ3) is 3.65. The number of piperidine rings is 1. The molecular formula is C21H31N3O2. The van der Waals surface area contributed by atoms with Crippen LogP contribution in [0.4, 0.5) is 0 Å². The van der Waals surface area contributed by atoms with Crippen LogP contribution >= 0.6 is 0 Å². The molecule has 0 N–H and O–H groups in total. The number of carbonyl (C=O) groups excluding carboxylic acids is 1. The molecular weight excluding hydrogens is 326 g/mol. The quantitative estimate of drug-likeness (QED) is 0.813. The lowest BCUT2D eigenvalue weighted by molar-refractivity contribution is -0.148. The highest BCUT2D eigenvalue weighted by Gasteiger charge is 2.49. The normalized spacial score (nSPS) is 26.3. The zero-order valence-electron chi connectivity index (χ0n) is 15.7. The van der Waals surface area contributed by atoms with E-state index in [1.807, 2.05) is 18.3 Å². The summed E-state index contributed by atoms with van der Waals surface area (Å²) in [5.41, 5.74) is 0.891. The van der Waals surface area contributed by atoms with E-state index in [1.54, 1.807) is 6.20 Å². The lowest BCUT2D eigenvalue weighted by atomic mass is 9.92. The number of aromatic nitrogens is 1. The van der Waals surface area contributed by atoms with Crippen molar-refractivity contribution in [3.05, 3.63) is 30.1 Å². The van der Waals surface area contributed by atoms with E-state index in [1.165, 1.54) is 25.7 Å². The average Bonchev–Trinajstić information content (AvgIpc) is 3.39. The van der Waals surface area contributed by atoms with Crippen molar-refractivity contribution in [1.29, 1.82) is 0 Å². The van der Waals surface area contributed by atoms with Crippen molar-refractivity contribution < 1.29 is 9.53 Å². The van der Waals surface area contributed by atoms with Crippen LogP contribution in [0.3, 0.4) is 0 Å². The fraction of sp³-hybridized carbons (Fsp3) is 0.714. The van der Waals surface area contributed by atoms with Crippen LogP contribution < -0.4 is 0 Å². The van der Waals surface area contributed by atoms with E-state index < -0.39 is 0 Å². The van der Waals surface area contributed by atoms with Crippen LogP contribution in [0.25, 0.3) is 0 Å². The number of amides is 1. The number of rotatable bonds is 5. The molecule has 4 rings (SSSR count). The highest BCUT2D eigenvalue weighted by Crippen LogP contribution is 2.39. The maximum atomic E-state index is 13.5. The van der Waals surface area contributed by atoms with Crippen LogP contribution in [0.2, 0.25) is 0 Å². The smallest absolute Gasteiger partial charge is 0.243 e. The maximum absolute atomic E-state index is 13.5. The first-order chi connectivity index (χ1) is 12.8. The molecule has 2 saturated heterocycles. The summed E-state index contributed by atoms with van der Waals surface area (Å²) in [6.07, 6.45) is 12.8. The first-order valence-electron chi connectivity index (χ1n) is 10.3. The van der Waals surface area contributed by atoms with Gasteiger partial charge in [0.2, 0.25) is 5.91 Å². The van der Waals surface area contributed by atoms with Gasteiger partial charge in [-0.2, -0.15) is 0 Å². The SMILES string of the molecule is O=C(N1CCC[C@@H](OCc2cccnc2)C1)C1(N2CCCC2)CCCC1. The molecule has 5 nitrogen and oxygen atoms in total. The van der Waals surface area contributed by atoms with E-state index in [0.717, 1.165) is 57.4 Å². The lowest BCUT2D eigenvalue weighted by Gasteiger charge is -2.43. The second-order valence-electron chi connectivity index (χ2n) is 8.12. The Morgan fingerprint density at radius 1 is 1.15 bits per heavy atom. The Balaban J connectivity index is 1.39. The molecule has 1 amide bonds. The van der Waals surface area contributed by atoms with E-state index in [4.69, 9.17) is 4.74 Å². The summed E-state index contributed by atoms with van der Waals surface area (Å²) in [5, 5.41) is 0. The first-order valence-corrected chi connectivity index (χ1v) is 10.3. The van der Waals surface area contributed by atoms with Crippen LogP contribution in [0, 0.1) is 0 Å². The lowest BCUT2D eigenvalue weighted by Crippen LogP contribution is -2.59. The minimum atomic E-state index is -0.207. The van der Waals surface area contributed by atoms with E-state index in [-0.39, 0.29) is 11.6 Å². The number of nitrogens with zero attached hydrogens (tertiary/aromatic N) is 3. The fourth-order valence-electron chi connectivity index (χ4n) is 5.02. The summed E-state index contributed by atoms with van der Waals surface area (Å²) < 4.78 is 6.12. The highest BCUT2D eigenvalue weighted by molar-refractivity contribution is 5.87. The molecule has 3 heterocycles. The second kappa shape index (κ2) is 8.05. The van der Waals surface area contributed by atoms with Gasteiger partial charge in [-0.25, -0.2) is 0 Å².